The number of rotatable bonds is 0. The number of aliphatic hydroxyl groups is 1. The van der Waals surface area contributed by atoms with Crippen LogP contribution in [0.1, 0.15) is 17.5 Å². The van der Waals surface area contributed by atoms with Crippen molar-refractivity contribution in [2.45, 2.75) is 18.9 Å². The van der Waals surface area contributed by atoms with Crippen LogP contribution in [-0.2, 0) is 6.42 Å². The highest BCUT2D eigenvalue weighted by Gasteiger charge is 2.17. The van der Waals surface area contributed by atoms with Crippen LogP contribution in [-0.4, -0.2) is 11.2 Å². The van der Waals surface area contributed by atoms with Gasteiger partial charge in [-0.3, -0.25) is 0 Å². The molecule has 1 aromatic carbocycles. The maximum Gasteiger partial charge on any atom is 0.0621 e. The molecule has 0 amide bonds. The zero-order valence-electron chi connectivity index (χ0n) is 6.96. The van der Waals surface area contributed by atoms with Gasteiger partial charge >= 0.3 is 0 Å². The summed E-state index contributed by atoms with van der Waals surface area (Å²) in [4.78, 5) is 0. The molecular formula is C11H12O. The van der Waals surface area contributed by atoms with Gasteiger partial charge in [0.2, 0.25) is 0 Å². The summed E-state index contributed by atoms with van der Waals surface area (Å²) in [5.41, 5.74) is 3.51. The molecule has 0 heterocycles. The Bertz CT molecular complexity index is 315. The van der Waals surface area contributed by atoms with Gasteiger partial charge in [0.1, 0.15) is 0 Å². The summed E-state index contributed by atoms with van der Waals surface area (Å²) in [6.07, 6.45) is 1.26. The lowest BCUT2D eigenvalue weighted by atomic mass is 9.87. The van der Waals surface area contributed by atoms with Crippen molar-refractivity contribution in [3.63, 3.8) is 0 Å². The molecule has 62 valence electrons. The van der Waals surface area contributed by atoms with Gasteiger partial charge in [0.25, 0.3) is 0 Å². The van der Waals surface area contributed by atoms with E-state index in [0.29, 0.717) is 0 Å². The van der Waals surface area contributed by atoms with Crippen LogP contribution in [0.5, 0.6) is 0 Å². The van der Waals surface area contributed by atoms with E-state index in [0.717, 1.165) is 18.4 Å². The molecular weight excluding hydrogens is 148 g/mol. The molecule has 1 unspecified atom stereocenters. The van der Waals surface area contributed by atoms with Crippen molar-refractivity contribution in [2.75, 3.05) is 0 Å². The number of hydrogen-bond acceptors (Lipinski definition) is 1. The van der Waals surface area contributed by atoms with Crippen molar-refractivity contribution in [1.29, 1.82) is 0 Å². The molecule has 0 aromatic heterocycles. The number of aliphatic hydroxyl groups excluding tert-OH is 1. The molecule has 1 heteroatoms. The second kappa shape index (κ2) is 2.76. The van der Waals surface area contributed by atoms with Gasteiger partial charge in [0.05, 0.1) is 6.10 Å². The first-order chi connectivity index (χ1) is 5.77. The van der Waals surface area contributed by atoms with E-state index in [1.807, 2.05) is 12.1 Å². The predicted molar refractivity (Wildman–Crippen MR) is 49.8 cm³/mol. The Hall–Kier alpha value is -1.08. The molecule has 0 saturated carbocycles. The molecule has 1 aromatic rings. The van der Waals surface area contributed by atoms with E-state index >= 15 is 0 Å². The van der Waals surface area contributed by atoms with Crippen LogP contribution in [0.2, 0.25) is 0 Å². The molecule has 0 radical (unpaired) electrons. The summed E-state index contributed by atoms with van der Waals surface area (Å²) in [5.74, 6) is 0. The van der Waals surface area contributed by atoms with E-state index < -0.39 is 0 Å². The SMILES string of the molecule is C=C1CC(O)Cc2ccccc21. The normalized spacial score (nSPS) is 22.1. The molecule has 1 N–H and O–H groups in total. The topological polar surface area (TPSA) is 20.2 Å². The Morgan fingerprint density at radius 3 is 2.83 bits per heavy atom. The number of benzene rings is 1. The number of hydrogen-bond donors (Lipinski definition) is 1. The zero-order valence-corrected chi connectivity index (χ0v) is 6.96. The number of fused-ring (bicyclic) bond motifs is 1. The van der Waals surface area contributed by atoms with E-state index in [4.69, 9.17) is 0 Å². The molecule has 2 rings (SSSR count). The second-order valence-electron chi connectivity index (χ2n) is 3.32. The lowest BCUT2D eigenvalue weighted by Gasteiger charge is -2.22. The minimum atomic E-state index is -0.229. The molecule has 1 aliphatic rings. The highest BCUT2D eigenvalue weighted by molar-refractivity contribution is 5.68. The van der Waals surface area contributed by atoms with Crippen molar-refractivity contribution in [2.24, 2.45) is 0 Å². The third kappa shape index (κ3) is 1.16. The third-order valence-corrected chi connectivity index (χ3v) is 2.34. The van der Waals surface area contributed by atoms with Gasteiger partial charge in [-0.2, -0.15) is 0 Å². The maximum atomic E-state index is 9.47. The van der Waals surface area contributed by atoms with Crippen molar-refractivity contribution < 1.29 is 5.11 Å². The highest BCUT2D eigenvalue weighted by atomic mass is 16.3. The monoisotopic (exact) mass is 160 g/mol. The molecule has 12 heavy (non-hydrogen) atoms. The fourth-order valence-electron chi connectivity index (χ4n) is 1.76. The van der Waals surface area contributed by atoms with Crippen LogP contribution < -0.4 is 0 Å². The summed E-state index contributed by atoms with van der Waals surface area (Å²) < 4.78 is 0. The van der Waals surface area contributed by atoms with E-state index in [1.54, 1.807) is 0 Å². The molecule has 0 bridgehead atoms. The summed E-state index contributed by atoms with van der Waals surface area (Å²) in [6, 6.07) is 8.15. The van der Waals surface area contributed by atoms with Crippen LogP contribution in [0, 0.1) is 0 Å². The van der Waals surface area contributed by atoms with Crippen molar-refractivity contribution in [1.82, 2.24) is 0 Å². The van der Waals surface area contributed by atoms with E-state index in [1.165, 1.54) is 11.1 Å². The summed E-state index contributed by atoms with van der Waals surface area (Å²) in [6.45, 7) is 3.95. The fraction of sp³-hybridized carbons (Fsp3) is 0.273. The first-order valence-electron chi connectivity index (χ1n) is 4.21. The first-order valence-corrected chi connectivity index (χ1v) is 4.21. The van der Waals surface area contributed by atoms with Gasteiger partial charge in [-0.25, -0.2) is 0 Å². The van der Waals surface area contributed by atoms with Crippen LogP contribution in [0.15, 0.2) is 30.8 Å². The average molecular weight is 160 g/mol. The van der Waals surface area contributed by atoms with Crippen molar-refractivity contribution in [3.05, 3.63) is 42.0 Å². The lowest BCUT2D eigenvalue weighted by Crippen LogP contribution is -2.17. The molecule has 1 nitrogen and oxygen atoms in total. The van der Waals surface area contributed by atoms with E-state index in [9.17, 15) is 5.11 Å². The van der Waals surface area contributed by atoms with E-state index in [-0.39, 0.29) is 6.10 Å². The molecule has 0 spiro atoms. The molecule has 0 aliphatic heterocycles. The molecule has 1 aliphatic carbocycles. The highest BCUT2D eigenvalue weighted by Crippen LogP contribution is 2.28. The summed E-state index contributed by atoms with van der Waals surface area (Å²) in [5, 5.41) is 9.47. The molecule has 1 atom stereocenters. The largest absolute Gasteiger partial charge is 0.392 e. The Balaban J connectivity index is 2.47. The average Bonchev–Trinajstić information content (AvgIpc) is 2.04. The summed E-state index contributed by atoms with van der Waals surface area (Å²) in [7, 11) is 0. The van der Waals surface area contributed by atoms with Gasteiger partial charge in [-0.15, -0.1) is 0 Å². The van der Waals surface area contributed by atoms with Gasteiger partial charge in [-0.1, -0.05) is 30.8 Å². The lowest BCUT2D eigenvalue weighted by molar-refractivity contribution is 0.177. The first kappa shape index (κ1) is 7.56. The van der Waals surface area contributed by atoms with Crippen molar-refractivity contribution >= 4 is 5.57 Å². The Morgan fingerprint density at radius 1 is 1.25 bits per heavy atom. The smallest absolute Gasteiger partial charge is 0.0621 e. The van der Waals surface area contributed by atoms with Crippen LogP contribution in [0.4, 0.5) is 0 Å². The fourth-order valence-corrected chi connectivity index (χ4v) is 1.76. The second-order valence-corrected chi connectivity index (χ2v) is 3.32. The Morgan fingerprint density at radius 2 is 2.00 bits per heavy atom. The molecule has 0 fully saturated rings. The zero-order chi connectivity index (χ0) is 8.55. The van der Waals surface area contributed by atoms with Gasteiger partial charge in [-0.05, 0) is 29.5 Å². The quantitative estimate of drug-likeness (QED) is 0.615. The summed E-state index contributed by atoms with van der Waals surface area (Å²) >= 11 is 0. The molecule has 0 saturated heterocycles. The van der Waals surface area contributed by atoms with Gasteiger partial charge in [0.15, 0.2) is 0 Å². The standard InChI is InChI=1S/C11H12O/c1-8-6-10(12)7-9-4-2-3-5-11(8)9/h2-5,10,12H,1,6-7H2. The van der Waals surface area contributed by atoms with Crippen molar-refractivity contribution in [3.8, 4) is 0 Å². The van der Waals surface area contributed by atoms with Crippen LogP contribution >= 0.6 is 0 Å². The Kier molecular flexibility index (Phi) is 1.74. The minimum absolute atomic E-state index is 0.229. The minimum Gasteiger partial charge on any atom is -0.392 e. The van der Waals surface area contributed by atoms with Gasteiger partial charge < -0.3 is 5.11 Å². The van der Waals surface area contributed by atoms with Crippen LogP contribution in [0.25, 0.3) is 5.57 Å². The van der Waals surface area contributed by atoms with Crippen LogP contribution in [0.3, 0.4) is 0 Å². The third-order valence-electron chi connectivity index (χ3n) is 2.34. The van der Waals surface area contributed by atoms with E-state index in [2.05, 4.69) is 18.7 Å². The van der Waals surface area contributed by atoms with Gasteiger partial charge in [0, 0.05) is 0 Å². The predicted octanol–water partition coefficient (Wildman–Crippen LogP) is 2.01. The Labute approximate surface area is 72.4 Å². The maximum absolute atomic E-state index is 9.47.